The monoisotopic (exact) mass is 365 g/mol. The SMILES string of the molecule is CCCN(CCC)C(=O)COCC1(COCc2ccccc2)COCO1. The molecule has 2 rings (SSSR count). The maximum atomic E-state index is 12.3. The molecule has 6 heteroatoms. The van der Waals surface area contributed by atoms with Crippen molar-refractivity contribution in [2.24, 2.45) is 0 Å². The van der Waals surface area contributed by atoms with Crippen LogP contribution in [0.4, 0.5) is 0 Å². The van der Waals surface area contributed by atoms with Crippen molar-refractivity contribution in [3.05, 3.63) is 35.9 Å². The molecule has 26 heavy (non-hydrogen) atoms. The van der Waals surface area contributed by atoms with E-state index in [0.29, 0.717) is 19.8 Å². The summed E-state index contributed by atoms with van der Waals surface area (Å²) >= 11 is 0. The zero-order valence-corrected chi connectivity index (χ0v) is 15.9. The van der Waals surface area contributed by atoms with Gasteiger partial charge in [-0.3, -0.25) is 4.79 Å². The number of nitrogens with zero attached hydrogens (tertiary/aromatic N) is 1. The highest BCUT2D eigenvalue weighted by Crippen LogP contribution is 2.20. The summed E-state index contributed by atoms with van der Waals surface area (Å²) in [6.45, 7) is 7.51. The van der Waals surface area contributed by atoms with Gasteiger partial charge in [0.05, 0.1) is 26.4 Å². The van der Waals surface area contributed by atoms with Gasteiger partial charge in [0.1, 0.15) is 19.0 Å². The normalized spacial score (nSPS) is 19.6. The van der Waals surface area contributed by atoms with Crippen LogP contribution in [0.5, 0.6) is 0 Å². The Balaban J connectivity index is 1.77. The molecule has 6 nitrogen and oxygen atoms in total. The molecule has 1 aromatic carbocycles. The van der Waals surface area contributed by atoms with E-state index < -0.39 is 5.60 Å². The molecule has 1 saturated heterocycles. The molecule has 0 saturated carbocycles. The molecular weight excluding hydrogens is 334 g/mol. The van der Waals surface area contributed by atoms with E-state index in [1.165, 1.54) is 0 Å². The van der Waals surface area contributed by atoms with E-state index in [0.717, 1.165) is 31.5 Å². The zero-order valence-electron chi connectivity index (χ0n) is 15.9. The number of carbonyl (C=O) groups excluding carboxylic acids is 1. The Labute approximate surface area is 156 Å². The molecule has 146 valence electrons. The standard InChI is InChI=1S/C20H31NO5/c1-3-10-21(11-4-2)19(22)13-24-15-20(16-25-17-26-20)14-23-12-18-8-6-5-7-9-18/h5-9H,3-4,10-17H2,1-2H3. The average molecular weight is 365 g/mol. The number of hydrogen-bond acceptors (Lipinski definition) is 5. The van der Waals surface area contributed by atoms with E-state index in [1.54, 1.807) is 0 Å². The van der Waals surface area contributed by atoms with E-state index >= 15 is 0 Å². The second-order valence-corrected chi connectivity index (χ2v) is 6.65. The molecule has 1 aliphatic heterocycles. The summed E-state index contributed by atoms with van der Waals surface area (Å²) in [6, 6.07) is 9.98. The molecular formula is C20H31NO5. The molecule has 0 aromatic heterocycles. The first kappa shape index (κ1) is 20.8. The number of rotatable bonds is 12. The van der Waals surface area contributed by atoms with E-state index in [1.807, 2.05) is 35.2 Å². The second-order valence-electron chi connectivity index (χ2n) is 6.65. The first-order chi connectivity index (χ1) is 12.7. The third-order valence-corrected chi connectivity index (χ3v) is 4.22. The van der Waals surface area contributed by atoms with Crippen molar-refractivity contribution < 1.29 is 23.7 Å². The fraction of sp³-hybridized carbons (Fsp3) is 0.650. The van der Waals surface area contributed by atoms with Crippen LogP contribution in [-0.4, -0.2) is 62.7 Å². The average Bonchev–Trinajstić information content (AvgIpc) is 3.11. The maximum Gasteiger partial charge on any atom is 0.248 e. The summed E-state index contributed by atoms with van der Waals surface area (Å²) in [5.41, 5.74) is 0.461. The van der Waals surface area contributed by atoms with Crippen molar-refractivity contribution in [2.75, 3.05) is 46.3 Å². The van der Waals surface area contributed by atoms with Crippen LogP contribution in [0.1, 0.15) is 32.3 Å². The lowest BCUT2D eigenvalue weighted by molar-refractivity contribution is -0.142. The van der Waals surface area contributed by atoms with E-state index in [9.17, 15) is 4.79 Å². The van der Waals surface area contributed by atoms with Crippen LogP contribution in [-0.2, 0) is 30.3 Å². The third kappa shape index (κ3) is 6.68. The largest absolute Gasteiger partial charge is 0.374 e. The Morgan fingerprint density at radius 3 is 2.42 bits per heavy atom. The van der Waals surface area contributed by atoms with Gasteiger partial charge in [0.2, 0.25) is 5.91 Å². The Morgan fingerprint density at radius 2 is 1.81 bits per heavy atom. The summed E-state index contributed by atoms with van der Waals surface area (Å²) < 4.78 is 22.6. The van der Waals surface area contributed by atoms with E-state index in [2.05, 4.69) is 13.8 Å². The van der Waals surface area contributed by atoms with Gasteiger partial charge in [-0.2, -0.15) is 0 Å². The van der Waals surface area contributed by atoms with Crippen molar-refractivity contribution in [1.82, 2.24) is 4.90 Å². The Kier molecular flexibility index (Phi) is 9.05. The molecule has 1 atom stereocenters. The number of carbonyl (C=O) groups is 1. The summed E-state index contributed by atoms with van der Waals surface area (Å²) in [6.07, 6.45) is 1.89. The quantitative estimate of drug-likeness (QED) is 0.570. The van der Waals surface area contributed by atoms with Gasteiger partial charge in [0.25, 0.3) is 0 Å². The van der Waals surface area contributed by atoms with Crippen LogP contribution in [0.25, 0.3) is 0 Å². The fourth-order valence-corrected chi connectivity index (χ4v) is 2.89. The number of hydrogen-bond donors (Lipinski definition) is 0. The van der Waals surface area contributed by atoms with Crippen molar-refractivity contribution in [2.45, 2.75) is 38.9 Å². The van der Waals surface area contributed by atoms with E-state index in [-0.39, 0.29) is 25.9 Å². The lowest BCUT2D eigenvalue weighted by atomic mass is 10.1. The van der Waals surface area contributed by atoms with Crippen LogP contribution < -0.4 is 0 Å². The zero-order chi connectivity index (χ0) is 18.7. The summed E-state index contributed by atoms with van der Waals surface area (Å²) in [5.74, 6) is 0.0213. The van der Waals surface area contributed by atoms with Crippen LogP contribution in [0.2, 0.25) is 0 Å². The highest BCUT2D eigenvalue weighted by atomic mass is 16.7. The molecule has 1 aliphatic rings. The van der Waals surface area contributed by atoms with Crippen LogP contribution in [0, 0.1) is 0 Å². The van der Waals surface area contributed by atoms with Crippen molar-refractivity contribution in [1.29, 1.82) is 0 Å². The molecule has 1 fully saturated rings. The van der Waals surface area contributed by atoms with Crippen LogP contribution >= 0.6 is 0 Å². The molecule has 1 aromatic rings. The number of amides is 1. The first-order valence-electron chi connectivity index (χ1n) is 9.38. The van der Waals surface area contributed by atoms with Gasteiger partial charge in [-0.15, -0.1) is 0 Å². The highest BCUT2D eigenvalue weighted by molar-refractivity contribution is 5.77. The Morgan fingerprint density at radius 1 is 1.12 bits per heavy atom. The van der Waals surface area contributed by atoms with Gasteiger partial charge in [0.15, 0.2) is 0 Å². The number of ether oxygens (including phenoxy) is 4. The maximum absolute atomic E-state index is 12.3. The molecule has 1 heterocycles. The van der Waals surface area contributed by atoms with Gasteiger partial charge < -0.3 is 23.8 Å². The smallest absolute Gasteiger partial charge is 0.248 e. The molecule has 1 unspecified atom stereocenters. The van der Waals surface area contributed by atoms with Crippen molar-refractivity contribution in [3.8, 4) is 0 Å². The van der Waals surface area contributed by atoms with E-state index in [4.69, 9.17) is 18.9 Å². The van der Waals surface area contributed by atoms with Gasteiger partial charge >= 0.3 is 0 Å². The van der Waals surface area contributed by atoms with Crippen molar-refractivity contribution >= 4 is 5.91 Å². The lowest BCUT2D eigenvalue weighted by Gasteiger charge is -2.27. The Bertz CT molecular complexity index is 510. The minimum Gasteiger partial charge on any atom is -0.374 e. The minimum atomic E-state index is -0.643. The predicted octanol–water partition coefficient (Wildman–Crippen LogP) is 2.61. The van der Waals surface area contributed by atoms with Crippen LogP contribution in [0.15, 0.2) is 30.3 Å². The van der Waals surface area contributed by atoms with Crippen LogP contribution in [0.3, 0.4) is 0 Å². The second kappa shape index (κ2) is 11.3. The number of benzene rings is 1. The summed E-state index contributed by atoms with van der Waals surface area (Å²) in [5, 5.41) is 0. The highest BCUT2D eigenvalue weighted by Gasteiger charge is 2.37. The molecule has 0 aliphatic carbocycles. The third-order valence-electron chi connectivity index (χ3n) is 4.22. The summed E-state index contributed by atoms with van der Waals surface area (Å²) in [7, 11) is 0. The molecule has 0 spiro atoms. The van der Waals surface area contributed by atoms with Gasteiger partial charge in [-0.1, -0.05) is 44.2 Å². The molecule has 0 bridgehead atoms. The minimum absolute atomic E-state index is 0.0213. The van der Waals surface area contributed by atoms with Gasteiger partial charge in [-0.25, -0.2) is 0 Å². The summed E-state index contributed by atoms with van der Waals surface area (Å²) in [4.78, 5) is 14.1. The Hall–Kier alpha value is -1.47. The molecule has 0 N–H and O–H groups in total. The first-order valence-corrected chi connectivity index (χ1v) is 9.38. The van der Waals surface area contributed by atoms with Gasteiger partial charge in [-0.05, 0) is 18.4 Å². The molecule has 1 amide bonds. The predicted molar refractivity (Wildman–Crippen MR) is 98.7 cm³/mol. The lowest BCUT2D eigenvalue weighted by Crippen LogP contribution is -2.44. The molecule has 0 radical (unpaired) electrons. The van der Waals surface area contributed by atoms with Crippen molar-refractivity contribution in [3.63, 3.8) is 0 Å². The van der Waals surface area contributed by atoms with Gasteiger partial charge in [0, 0.05) is 13.1 Å². The topological polar surface area (TPSA) is 57.2 Å². The fourth-order valence-electron chi connectivity index (χ4n) is 2.89.